The van der Waals surface area contributed by atoms with Gasteiger partial charge < -0.3 is 10.6 Å². The number of piperazine rings is 1. The van der Waals surface area contributed by atoms with Gasteiger partial charge in [-0.25, -0.2) is 12.8 Å². The highest BCUT2D eigenvalue weighted by Gasteiger charge is 2.30. The Labute approximate surface area is 158 Å². The van der Waals surface area contributed by atoms with Gasteiger partial charge in [-0.15, -0.1) is 0 Å². The standard InChI is InChI=1S/C16H16BrFN4O3S/c17-11-8-13(18)15(16(19)23)14(9-11)21-4-6-22(7-5-21)26(24,25)12-2-1-3-20-10-12/h1-3,8-10H,4-7H2,(H2,19,23). The van der Waals surface area contributed by atoms with Crippen molar-refractivity contribution in [3.63, 3.8) is 0 Å². The van der Waals surface area contributed by atoms with Crippen LogP contribution in [0.1, 0.15) is 10.4 Å². The highest BCUT2D eigenvalue weighted by molar-refractivity contribution is 9.10. The third-order valence-electron chi connectivity index (χ3n) is 4.13. The van der Waals surface area contributed by atoms with E-state index in [0.717, 1.165) is 0 Å². The molecule has 0 aliphatic carbocycles. The molecule has 2 N–H and O–H groups in total. The number of aromatic nitrogens is 1. The van der Waals surface area contributed by atoms with Crippen LogP contribution in [0.5, 0.6) is 0 Å². The van der Waals surface area contributed by atoms with Crippen molar-refractivity contribution in [2.45, 2.75) is 4.90 Å². The van der Waals surface area contributed by atoms with Gasteiger partial charge >= 0.3 is 0 Å². The zero-order valence-corrected chi connectivity index (χ0v) is 16.0. The van der Waals surface area contributed by atoms with E-state index in [9.17, 15) is 17.6 Å². The molecule has 0 bridgehead atoms. The number of carbonyl (C=O) groups excluding carboxylic acids is 1. The Morgan fingerprint density at radius 2 is 1.92 bits per heavy atom. The molecule has 7 nitrogen and oxygen atoms in total. The first kappa shape index (κ1) is 18.7. The van der Waals surface area contributed by atoms with Crippen molar-refractivity contribution in [2.24, 2.45) is 5.73 Å². The van der Waals surface area contributed by atoms with Crippen molar-refractivity contribution < 1.29 is 17.6 Å². The summed E-state index contributed by atoms with van der Waals surface area (Å²) in [7, 11) is -3.64. The van der Waals surface area contributed by atoms with Gasteiger partial charge in [-0.3, -0.25) is 9.78 Å². The van der Waals surface area contributed by atoms with Crippen LogP contribution >= 0.6 is 15.9 Å². The van der Waals surface area contributed by atoms with Crippen LogP contribution in [0.15, 0.2) is 46.0 Å². The quantitative estimate of drug-likeness (QED) is 0.775. The highest BCUT2D eigenvalue weighted by atomic mass is 79.9. The molecule has 1 aliphatic heterocycles. The van der Waals surface area contributed by atoms with E-state index in [1.165, 1.54) is 28.8 Å². The van der Waals surface area contributed by atoms with Gasteiger partial charge in [0.15, 0.2) is 0 Å². The van der Waals surface area contributed by atoms with E-state index in [0.29, 0.717) is 23.2 Å². The van der Waals surface area contributed by atoms with Gasteiger partial charge in [0, 0.05) is 43.0 Å². The molecule has 2 heterocycles. The second-order valence-electron chi connectivity index (χ2n) is 5.73. The molecule has 2 aromatic rings. The monoisotopic (exact) mass is 442 g/mol. The second kappa shape index (κ2) is 7.29. The van der Waals surface area contributed by atoms with Crippen molar-refractivity contribution in [3.05, 3.63) is 52.5 Å². The largest absolute Gasteiger partial charge is 0.368 e. The minimum atomic E-state index is -3.64. The lowest BCUT2D eigenvalue weighted by molar-refractivity contribution is 0.0997. The van der Waals surface area contributed by atoms with Gasteiger partial charge in [0.05, 0.1) is 11.3 Å². The van der Waals surface area contributed by atoms with Crippen molar-refractivity contribution in [1.29, 1.82) is 0 Å². The van der Waals surface area contributed by atoms with Crippen molar-refractivity contribution >= 4 is 37.5 Å². The van der Waals surface area contributed by atoms with E-state index in [4.69, 9.17) is 5.73 Å². The van der Waals surface area contributed by atoms with Crippen LogP contribution in [-0.2, 0) is 10.0 Å². The van der Waals surface area contributed by atoms with Crippen molar-refractivity contribution in [1.82, 2.24) is 9.29 Å². The minimum Gasteiger partial charge on any atom is -0.368 e. The Kier molecular flexibility index (Phi) is 5.26. The van der Waals surface area contributed by atoms with Gasteiger partial charge in [0.2, 0.25) is 10.0 Å². The number of pyridine rings is 1. The molecule has 0 saturated carbocycles. The number of benzene rings is 1. The number of carbonyl (C=O) groups is 1. The topological polar surface area (TPSA) is 96.6 Å². The maximum atomic E-state index is 14.1. The lowest BCUT2D eigenvalue weighted by atomic mass is 10.1. The van der Waals surface area contributed by atoms with Gasteiger partial charge in [-0.2, -0.15) is 4.31 Å². The van der Waals surface area contributed by atoms with E-state index in [1.807, 2.05) is 0 Å². The predicted octanol–water partition coefficient (Wildman–Crippen LogP) is 1.59. The smallest absolute Gasteiger partial charge is 0.253 e. The molecule has 1 fully saturated rings. The van der Waals surface area contributed by atoms with Gasteiger partial charge in [-0.05, 0) is 24.3 Å². The number of primary amides is 1. The van der Waals surface area contributed by atoms with Gasteiger partial charge in [0.25, 0.3) is 5.91 Å². The van der Waals surface area contributed by atoms with E-state index in [-0.39, 0.29) is 23.5 Å². The molecule has 0 spiro atoms. The second-order valence-corrected chi connectivity index (χ2v) is 8.58. The van der Waals surface area contributed by atoms with Crippen molar-refractivity contribution in [2.75, 3.05) is 31.1 Å². The molecule has 3 rings (SSSR count). The molecule has 26 heavy (non-hydrogen) atoms. The Morgan fingerprint density at radius 1 is 1.23 bits per heavy atom. The number of nitrogens with two attached hydrogens (primary N) is 1. The maximum Gasteiger partial charge on any atom is 0.253 e. The average molecular weight is 443 g/mol. The van der Waals surface area contributed by atoms with Crippen LogP contribution in [0.2, 0.25) is 0 Å². The average Bonchev–Trinajstić information content (AvgIpc) is 2.61. The van der Waals surface area contributed by atoms with E-state index < -0.39 is 21.7 Å². The maximum absolute atomic E-state index is 14.1. The Bertz CT molecular complexity index is 932. The lowest BCUT2D eigenvalue weighted by Crippen LogP contribution is -2.49. The summed E-state index contributed by atoms with van der Waals surface area (Å²) in [5, 5.41) is 0. The molecule has 1 amide bonds. The van der Waals surface area contributed by atoms with Crippen LogP contribution in [-0.4, -0.2) is 49.8 Å². The summed E-state index contributed by atoms with van der Waals surface area (Å²) in [4.78, 5) is 17.4. The number of anilines is 1. The summed E-state index contributed by atoms with van der Waals surface area (Å²) in [5.41, 5.74) is 5.46. The molecular formula is C16H16BrFN4O3S. The highest BCUT2D eigenvalue weighted by Crippen LogP contribution is 2.29. The number of rotatable bonds is 4. The molecule has 138 valence electrons. The fraction of sp³-hybridized carbons (Fsp3) is 0.250. The van der Waals surface area contributed by atoms with Crippen molar-refractivity contribution in [3.8, 4) is 0 Å². The summed E-state index contributed by atoms with van der Waals surface area (Å²) in [5.74, 6) is -1.58. The van der Waals surface area contributed by atoms with Crippen LogP contribution in [0.4, 0.5) is 10.1 Å². The summed E-state index contributed by atoms with van der Waals surface area (Å²) in [6.45, 7) is 0.998. The molecule has 10 heteroatoms. The fourth-order valence-corrected chi connectivity index (χ4v) is 4.68. The predicted molar refractivity (Wildman–Crippen MR) is 97.8 cm³/mol. The molecule has 1 saturated heterocycles. The Balaban J connectivity index is 1.83. The molecule has 1 aliphatic rings. The van der Waals surface area contributed by atoms with Crippen LogP contribution < -0.4 is 10.6 Å². The molecule has 1 aromatic carbocycles. The first-order chi connectivity index (χ1) is 12.3. The summed E-state index contributed by atoms with van der Waals surface area (Å²) in [6.07, 6.45) is 2.81. The molecule has 1 aromatic heterocycles. The number of amides is 1. The molecular weight excluding hydrogens is 427 g/mol. The number of halogens is 2. The zero-order valence-electron chi connectivity index (χ0n) is 13.6. The van der Waals surface area contributed by atoms with Crippen LogP contribution in [0, 0.1) is 5.82 Å². The van der Waals surface area contributed by atoms with Crippen LogP contribution in [0.3, 0.4) is 0 Å². The molecule has 0 atom stereocenters. The van der Waals surface area contributed by atoms with Gasteiger partial charge in [0.1, 0.15) is 10.7 Å². The molecule has 0 unspecified atom stereocenters. The number of hydrogen-bond donors (Lipinski definition) is 1. The number of hydrogen-bond acceptors (Lipinski definition) is 5. The van der Waals surface area contributed by atoms with Gasteiger partial charge in [-0.1, -0.05) is 15.9 Å². The summed E-state index contributed by atoms with van der Waals surface area (Å²) >= 11 is 3.21. The summed E-state index contributed by atoms with van der Waals surface area (Å²) in [6, 6.07) is 5.83. The minimum absolute atomic E-state index is 0.125. The third kappa shape index (κ3) is 3.57. The third-order valence-corrected chi connectivity index (χ3v) is 6.47. The Hall–Kier alpha value is -2.04. The molecule has 0 radical (unpaired) electrons. The summed E-state index contributed by atoms with van der Waals surface area (Å²) < 4.78 is 41.2. The lowest BCUT2D eigenvalue weighted by Gasteiger charge is -2.36. The first-order valence-corrected chi connectivity index (χ1v) is 9.98. The Morgan fingerprint density at radius 3 is 2.50 bits per heavy atom. The van der Waals surface area contributed by atoms with E-state index in [2.05, 4.69) is 20.9 Å². The zero-order chi connectivity index (χ0) is 18.9. The number of nitrogens with zero attached hydrogens (tertiary/aromatic N) is 3. The SMILES string of the molecule is NC(=O)c1c(F)cc(Br)cc1N1CCN(S(=O)(=O)c2cccnc2)CC1. The van der Waals surface area contributed by atoms with E-state index in [1.54, 1.807) is 17.0 Å². The number of sulfonamides is 1. The first-order valence-electron chi connectivity index (χ1n) is 7.74. The van der Waals surface area contributed by atoms with Crippen LogP contribution in [0.25, 0.3) is 0 Å². The van der Waals surface area contributed by atoms with E-state index >= 15 is 0 Å². The fourth-order valence-electron chi connectivity index (χ4n) is 2.87. The normalized spacial score (nSPS) is 15.8.